The van der Waals surface area contributed by atoms with Gasteiger partial charge in [0.15, 0.2) is 5.76 Å². The number of halogens is 2. The number of nitrogens with one attached hydrogen (secondary N) is 1. The molecule has 0 radical (unpaired) electrons. The van der Waals surface area contributed by atoms with Gasteiger partial charge in [-0.15, -0.1) is 0 Å². The van der Waals surface area contributed by atoms with Crippen LogP contribution in [0, 0.1) is 21.7 Å². The molecule has 0 aliphatic heterocycles. The van der Waals surface area contributed by atoms with Crippen molar-refractivity contribution in [2.24, 2.45) is 0 Å². The number of hydrogen-bond acceptors (Lipinski definition) is 5. The van der Waals surface area contributed by atoms with Gasteiger partial charge >= 0.3 is 5.69 Å². The number of oxazole rings is 1. The molecule has 1 heterocycles. The second-order valence-corrected chi connectivity index (χ2v) is 4.79. The average molecular weight is 295 g/mol. The fourth-order valence-corrected chi connectivity index (χ4v) is 1.94. The van der Waals surface area contributed by atoms with E-state index in [0.717, 1.165) is 31.2 Å². The van der Waals surface area contributed by atoms with Crippen LogP contribution in [0.5, 0.6) is 0 Å². The number of nitro benzene ring substituents is 1. The highest BCUT2D eigenvalue weighted by Crippen LogP contribution is 2.32. The van der Waals surface area contributed by atoms with E-state index in [4.69, 9.17) is 4.42 Å². The molecule has 0 bridgehead atoms. The van der Waals surface area contributed by atoms with Crippen molar-refractivity contribution >= 4 is 5.69 Å². The van der Waals surface area contributed by atoms with E-state index >= 15 is 0 Å². The molecule has 1 fully saturated rings. The summed E-state index contributed by atoms with van der Waals surface area (Å²) in [4.78, 5) is 13.7. The smallest absolute Gasteiger partial charge is 0.305 e. The van der Waals surface area contributed by atoms with Gasteiger partial charge in [-0.25, -0.2) is 9.37 Å². The number of aromatic nitrogens is 1. The third-order valence-electron chi connectivity index (χ3n) is 3.19. The van der Waals surface area contributed by atoms with E-state index in [2.05, 4.69) is 10.3 Å². The van der Waals surface area contributed by atoms with Crippen LogP contribution in [-0.4, -0.2) is 15.9 Å². The average Bonchev–Trinajstić information content (AvgIpc) is 3.15. The normalized spacial score (nSPS) is 14.4. The molecule has 1 aliphatic rings. The first-order valence-electron chi connectivity index (χ1n) is 6.37. The molecule has 6 nitrogen and oxygen atoms in total. The van der Waals surface area contributed by atoms with Gasteiger partial charge in [-0.1, -0.05) is 0 Å². The highest BCUT2D eigenvalue weighted by molar-refractivity contribution is 5.62. The highest BCUT2D eigenvalue weighted by Gasteiger charge is 2.25. The lowest BCUT2D eigenvalue weighted by Crippen LogP contribution is -2.15. The molecule has 2 aromatic rings. The summed E-state index contributed by atoms with van der Waals surface area (Å²) < 4.78 is 33.0. The third-order valence-corrected chi connectivity index (χ3v) is 3.19. The maximum absolute atomic E-state index is 14.0. The Kier molecular flexibility index (Phi) is 3.38. The van der Waals surface area contributed by atoms with Crippen molar-refractivity contribution in [2.75, 3.05) is 0 Å². The first-order valence-corrected chi connectivity index (χ1v) is 6.37. The van der Waals surface area contributed by atoms with Gasteiger partial charge in [-0.05, 0) is 18.9 Å². The molecule has 0 saturated heterocycles. The van der Waals surface area contributed by atoms with Crippen LogP contribution >= 0.6 is 0 Å². The van der Waals surface area contributed by atoms with Crippen LogP contribution in [0.4, 0.5) is 14.5 Å². The molecule has 1 aliphatic carbocycles. The Morgan fingerprint density at radius 2 is 2.19 bits per heavy atom. The minimum atomic E-state index is -1.27. The van der Waals surface area contributed by atoms with E-state index in [1.807, 2.05) is 0 Å². The van der Waals surface area contributed by atoms with Crippen molar-refractivity contribution < 1.29 is 18.1 Å². The SMILES string of the molecule is O=[N+]([O-])c1ccc(F)c(-c2cnc(CNC3CC3)o2)c1F. The van der Waals surface area contributed by atoms with Crippen molar-refractivity contribution in [3.8, 4) is 11.3 Å². The van der Waals surface area contributed by atoms with Gasteiger partial charge in [0.05, 0.1) is 23.2 Å². The quantitative estimate of drug-likeness (QED) is 0.677. The van der Waals surface area contributed by atoms with Crippen LogP contribution in [0.2, 0.25) is 0 Å². The summed E-state index contributed by atoms with van der Waals surface area (Å²) in [5, 5.41) is 13.8. The number of hydrogen-bond donors (Lipinski definition) is 1. The Balaban J connectivity index is 1.91. The van der Waals surface area contributed by atoms with Gasteiger partial charge in [0.25, 0.3) is 0 Å². The molecule has 1 aromatic carbocycles. The minimum absolute atomic E-state index is 0.165. The molecular formula is C13H11F2N3O3. The number of benzene rings is 1. The van der Waals surface area contributed by atoms with Crippen molar-refractivity contribution in [2.45, 2.75) is 25.4 Å². The number of rotatable bonds is 5. The second-order valence-electron chi connectivity index (χ2n) is 4.79. The largest absolute Gasteiger partial charge is 0.439 e. The summed E-state index contributed by atoms with van der Waals surface area (Å²) in [6.45, 7) is 0.350. The van der Waals surface area contributed by atoms with E-state index in [0.29, 0.717) is 12.6 Å². The molecule has 3 rings (SSSR count). The summed E-state index contributed by atoms with van der Waals surface area (Å²) in [6.07, 6.45) is 3.33. The van der Waals surface area contributed by atoms with Crippen molar-refractivity contribution in [3.63, 3.8) is 0 Å². The monoisotopic (exact) mass is 295 g/mol. The fraction of sp³-hybridized carbons (Fsp3) is 0.308. The summed E-state index contributed by atoms with van der Waals surface area (Å²) >= 11 is 0. The van der Waals surface area contributed by atoms with Crippen LogP contribution in [0.25, 0.3) is 11.3 Å². The Bertz CT molecular complexity index is 698. The van der Waals surface area contributed by atoms with Gasteiger partial charge in [-0.2, -0.15) is 4.39 Å². The molecule has 1 N–H and O–H groups in total. The zero-order chi connectivity index (χ0) is 15.0. The Labute approximate surface area is 117 Å². The predicted molar refractivity (Wildman–Crippen MR) is 68.4 cm³/mol. The zero-order valence-corrected chi connectivity index (χ0v) is 10.8. The van der Waals surface area contributed by atoms with Gasteiger partial charge in [0, 0.05) is 12.1 Å². The standard InChI is InChI=1S/C13H11F2N3O3/c14-8-3-4-9(18(19)20)13(15)12(8)10-5-17-11(21-10)6-16-7-1-2-7/h3-5,7,16H,1-2,6H2. The first-order chi connectivity index (χ1) is 10.1. The van der Waals surface area contributed by atoms with E-state index < -0.39 is 27.8 Å². The van der Waals surface area contributed by atoms with E-state index in [9.17, 15) is 18.9 Å². The Hall–Kier alpha value is -2.35. The Morgan fingerprint density at radius 1 is 1.43 bits per heavy atom. The zero-order valence-electron chi connectivity index (χ0n) is 10.8. The lowest BCUT2D eigenvalue weighted by atomic mass is 10.1. The van der Waals surface area contributed by atoms with Gasteiger partial charge in [-0.3, -0.25) is 10.1 Å². The van der Waals surface area contributed by atoms with Crippen LogP contribution in [-0.2, 0) is 6.54 Å². The lowest BCUT2D eigenvalue weighted by molar-refractivity contribution is -0.387. The first kappa shape index (κ1) is 13.6. The molecule has 0 spiro atoms. The molecule has 21 heavy (non-hydrogen) atoms. The topological polar surface area (TPSA) is 81.2 Å². The van der Waals surface area contributed by atoms with E-state index in [1.165, 1.54) is 0 Å². The molecule has 110 valence electrons. The van der Waals surface area contributed by atoms with E-state index in [-0.39, 0.29) is 11.7 Å². The van der Waals surface area contributed by atoms with Gasteiger partial charge < -0.3 is 9.73 Å². The molecular weight excluding hydrogens is 284 g/mol. The highest BCUT2D eigenvalue weighted by atomic mass is 19.1. The molecule has 0 unspecified atom stereocenters. The second kappa shape index (κ2) is 5.21. The number of nitro groups is 1. The third kappa shape index (κ3) is 2.75. The maximum Gasteiger partial charge on any atom is 0.305 e. The summed E-state index contributed by atoms with van der Waals surface area (Å²) in [6, 6.07) is 2.05. The summed E-state index contributed by atoms with van der Waals surface area (Å²) in [5.74, 6) is -2.09. The maximum atomic E-state index is 14.0. The van der Waals surface area contributed by atoms with Crippen LogP contribution in [0.1, 0.15) is 18.7 Å². The van der Waals surface area contributed by atoms with Crippen molar-refractivity contribution in [3.05, 3.63) is 46.0 Å². The van der Waals surface area contributed by atoms with Crippen LogP contribution in [0.15, 0.2) is 22.7 Å². The fourth-order valence-electron chi connectivity index (χ4n) is 1.94. The molecule has 0 atom stereocenters. The lowest BCUT2D eigenvalue weighted by Gasteiger charge is -2.02. The van der Waals surface area contributed by atoms with Gasteiger partial charge in [0.2, 0.25) is 11.7 Å². The number of nitrogens with zero attached hydrogens (tertiary/aromatic N) is 2. The molecule has 1 saturated carbocycles. The summed E-state index contributed by atoms with van der Waals surface area (Å²) in [5.41, 5.74) is -1.38. The molecule has 8 heteroatoms. The van der Waals surface area contributed by atoms with E-state index in [1.54, 1.807) is 0 Å². The van der Waals surface area contributed by atoms with Crippen LogP contribution < -0.4 is 5.32 Å². The van der Waals surface area contributed by atoms with Crippen molar-refractivity contribution in [1.82, 2.24) is 10.3 Å². The van der Waals surface area contributed by atoms with Crippen LogP contribution in [0.3, 0.4) is 0 Å². The van der Waals surface area contributed by atoms with Gasteiger partial charge in [0.1, 0.15) is 5.82 Å². The predicted octanol–water partition coefficient (Wildman–Crippen LogP) is 2.78. The molecule has 0 amide bonds. The van der Waals surface area contributed by atoms with Crippen molar-refractivity contribution in [1.29, 1.82) is 0 Å². The molecule has 1 aromatic heterocycles. The Morgan fingerprint density at radius 3 is 2.86 bits per heavy atom. The summed E-state index contributed by atoms with van der Waals surface area (Å²) in [7, 11) is 0. The minimum Gasteiger partial charge on any atom is -0.439 e.